The summed E-state index contributed by atoms with van der Waals surface area (Å²) in [6.45, 7) is 5.66. The van der Waals surface area contributed by atoms with Crippen LogP contribution in [0.15, 0.2) is 11.1 Å². The number of hydrogen-bond donors (Lipinski definition) is 2. The van der Waals surface area contributed by atoms with Crippen LogP contribution in [0, 0.1) is 6.92 Å². The second-order valence-corrected chi connectivity index (χ2v) is 5.71. The highest BCUT2D eigenvalue weighted by atomic mass is 32.2. The maximum Gasteiger partial charge on any atom is 0.244 e. The zero-order valence-corrected chi connectivity index (χ0v) is 10.8. The summed E-state index contributed by atoms with van der Waals surface area (Å²) in [5.41, 5.74) is 0.565. The minimum Gasteiger partial charge on any atom is -0.281 e. The number of hydrogen-bond acceptors (Lipinski definition) is 3. The summed E-state index contributed by atoms with van der Waals surface area (Å²) in [6, 6.07) is -0.0424. The molecule has 0 spiro atoms. The van der Waals surface area contributed by atoms with Gasteiger partial charge in [0.1, 0.15) is 4.90 Å². The monoisotopic (exact) mass is 245 g/mol. The highest BCUT2D eigenvalue weighted by Crippen LogP contribution is 2.12. The van der Waals surface area contributed by atoms with Gasteiger partial charge in [0.15, 0.2) is 0 Å². The molecule has 1 aromatic heterocycles. The van der Waals surface area contributed by atoms with Gasteiger partial charge in [-0.05, 0) is 20.3 Å². The number of unbranched alkanes of at least 4 members (excludes halogenated alkanes) is 1. The molecular weight excluding hydrogens is 226 g/mol. The minimum atomic E-state index is -3.42. The van der Waals surface area contributed by atoms with Crippen molar-refractivity contribution in [2.24, 2.45) is 0 Å². The molecule has 92 valence electrons. The Hall–Kier alpha value is -0.880. The van der Waals surface area contributed by atoms with Crippen molar-refractivity contribution in [3.63, 3.8) is 0 Å². The van der Waals surface area contributed by atoms with Crippen LogP contribution in [0.3, 0.4) is 0 Å². The number of aromatic amines is 1. The number of aromatic nitrogens is 2. The summed E-state index contributed by atoms with van der Waals surface area (Å²) in [4.78, 5) is 0.232. The summed E-state index contributed by atoms with van der Waals surface area (Å²) in [5, 5.41) is 6.34. The van der Waals surface area contributed by atoms with Gasteiger partial charge < -0.3 is 0 Å². The molecule has 1 unspecified atom stereocenters. The maximum absolute atomic E-state index is 11.9. The van der Waals surface area contributed by atoms with Crippen LogP contribution in [0.25, 0.3) is 0 Å². The van der Waals surface area contributed by atoms with E-state index in [1.165, 1.54) is 6.20 Å². The fraction of sp³-hybridized carbons (Fsp3) is 0.700. The van der Waals surface area contributed by atoms with Crippen LogP contribution in [0.4, 0.5) is 0 Å². The van der Waals surface area contributed by atoms with Crippen LogP contribution in [-0.2, 0) is 10.0 Å². The Kier molecular flexibility index (Phi) is 4.49. The number of rotatable bonds is 6. The Morgan fingerprint density at radius 2 is 2.25 bits per heavy atom. The third-order valence-corrected chi connectivity index (χ3v) is 4.12. The first-order valence-electron chi connectivity index (χ1n) is 5.49. The summed E-state index contributed by atoms with van der Waals surface area (Å²) in [5.74, 6) is 0. The maximum atomic E-state index is 11.9. The fourth-order valence-electron chi connectivity index (χ4n) is 1.51. The molecule has 0 saturated heterocycles. The van der Waals surface area contributed by atoms with Crippen molar-refractivity contribution in [1.82, 2.24) is 14.9 Å². The predicted molar refractivity (Wildman–Crippen MR) is 62.6 cm³/mol. The van der Waals surface area contributed by atoms with Gasteiger partial charge in [-0.15, -0.1) is 0 Å². The molecule has 0 radical (unpaired) electrons. The Bertz CT molecular complexity index is 425. The average Bonchev–Trinajstić information content (AvgIpc) is 2.61. The van der Waals surface area contributed by atoms with Crippen molar-refractivity contribution < 1.29 is 8.42 Å². The lowest BCUT2D eigenvalue weighted by Gasteiger charge is -2.13. The molecule has 1 heterocycles. The summed E-state index contributed by atoms with van der Waals surface area (Å²) >= 11 is 0. The zero-order chi connectivity index (χ0) is 12.2. The van der Waals surface area contributed by atoms with Gasteiger partial charge >= 0.3 is 0 Å². The first-order chi connectivity index (χ1) is 7.47. The van der Waals surface area contributed by atoms with Crippen molar-refractivity contribution in [2.45, 2.75) is 51.0 Å². The zero-order valence-electron chi connectivity index (χ0n) is 9.95. The standard InChI is InChI=1S/C10H19N3O2S/c1-4-5-6-8(2)13-16(14,15)10-7-11-12-9(10)3/h7-8,13H,4-6H2,1-3H3,(H,11,12). The third kappa shape index (κ3) is 3.31. The largest absolute Gasteiger partial charge is 0.281 e. The minimum absolute atomic E-state index is 0.0424. The summed E-state index contributed by atoms with van der Waals surface area (Å²) in [7, 11) is -3.42. The normalized spacial score (nSPS) is 13.9. The number of H-pyrrole nitrogens is 1. The average molecular weight is 245 g/mol. The van der Waals surface area contributed by atoms with Crippen molar-refractivity contribution >= 4 is 10.0 Å². The second-order valence-electron chi connectivity index (χ2n) is 4.02. The first kappa shape index (κ1) is 13.2. The lowest BCUT2D eigenvalue weighted by Crippen LogP contribution is -2.32. The fourth-order valence-corrected chi connectivity index (χ4v) is 2.92. The van der Waals surface area contributed by atoms with Crippen LogP contribution in [-0.4, -0.2) is 24.7 Å². The first-order valence-corrected chi connectivity index (χ1v) is 6.98. The van der Waals surface area contributed by atoms with Gasteiger partial charge in [0.05, 0.1) is 11.9 Å². The van der Waals surface area contributed by atoms with Crippen LogP contribution in [0.2, 0.25) is 0 Å². The molecule has 6 heteroatoms. The van der Waals surface area contributed by atoms with Crippen molar-refractivity contribution in [3.8, 4) is 0 Å². The van der Waals surface area contributed by atoms with Gasteiger partial charge in [-0.1, -0.05) is 19.8 Å². The quantitative estimate of drug-likeness (QED) is 0.799. The highest BCUT2D eigenvalue weighted by Gasteiger charge is 2.20. The van der Waals surface area contributed by atoms with Crippen LogP contribution in [0.5, 0.6) is 0 Å². The summed E-state index contributed by atoms with van der Waals surface area (Å²) in [6.07, 6.45) is 4.28. The van der Waals surface area contributed by atoms with E-state index in [0.29, 0.717) is 5.69 Å². The molecule has 0 aliphatic carbocycles. The van der Waals surface area contributed by atoms with Crippen LogP contribution < -0.4 is 4.72 Å². The molecule has 1 aromatic rings. The predicted octanol–water partition coefficient (Wildman–Crippen LogP) is 1.58. The van der Waals surface area contributed by atoms with E-state index < -0.39 is 10.0 Å². The van der Waals surface area contributed by atoms with E-state index in [9.17, 15) is 8.42 Å². The van der Waals surface area contributed by atoms with E-state index in [0.717, 1.165) is 19.3 Å². The summed E-state index contributed by atoms with van der Waals surface area (Å²) < 4.78 is 26.5. The van der Waals surface area contributed by atoms with Gasteiger partial charge in [0.25, 0.3) is 0 Å². The van der Waals surface area contributed by atoms with E-state index in [1.54, 1.807) is 6.92 Å². The van der Waals surface area contributed by atoms with Crippen molar-refractivity contribution in [2.75, 3.05) is 0 Å². The number of sulfonamides is 1. The molecule has 0 amide bonds. The highest BCUT2D eigenvalue weighted by molar-refractivity contribution is 7.89. The third-order valence-electron chi connectivity index (χ3n) is 2.42. The smallest absolute Gasteiger partial charge is 0.244 e. The lowest BCUT2D eigenvalue weighted by atomic mass is 10.2. The molecule has 1 rings (SSSR count). The van der Waals surface area contributed by atoms with Gasteiger partial charge in [-0.25, -0.2) is 13.1 Å². The molecular formula is C10H19N3O2S. The Balaban J connectivity index is 2.69. The molecule has 0 bridgehead atoms. The molecule has 5 nitrogen and oxygen atoms in total. The SMILES string of the molecule is CCCCC(C)NS(=O)(=O)c1cn[nH]c1C. The van der Waals surface area contributed by atoms with E-state index >= 15 is 0 Å². The topological polar surface area (TPSA) is 74.8 Å². The Morgan fingerprint density at radius 3 is 2.75 bits per heavy atom. The van der Waals surface area contributed by atoms with Crippen molar-refractivity contribution in [3.05, 3.63) is 11.9 Å². The molecule has 0 aliphatic rings. The second kappa shape index (κ2) is 5.45. The van der Waals surface area contributed by atoms with Crippen molar-refractivity contribution in [1.29, 1.82) is 0 Å². The molecule has 16 heavy (non-hydrogen) atoms. The van der Waals surface area contributed by atoms with E-state index in [-0.39, 0.29) is 10.9 Å². The van der Waals surface area contributed by atoms with Gasteiger partial charge in [-0.3, -0.25) is 5.10 Å². The van der Waals surface area contributed by atoms with E-state index in [2.05, 4.69) is 21.8 Å². The number of nitrogens with zero attached hydrogens (tertiary/aromatic N) is 1. The lowest BCUT2D eigenvalue weighted by molar-refractivity contribution is 0.534. The number of aryl methyl sites for hydroxylation is 1. The molecule has 0 aromatic carbocycles. The van der Waals surface area contributed by atoms with Crippen LogP contribution in [0.1, 0.15) is 38.8 Å². The van der Waals surface area contributed by atoms with Crippen LogP contribution >= 0.6 is 0 Å². The molecule has 0 saturated carbocycles. The molecule has 2 N–H and O–H groups in total. The number of nitrogens with one attached hydrogen (secondary N) is 2. The van der Waals surface area contributed by atoms with E-state index in [4.69, 9.17) is 0 Å². The Labute approximate surface area is 96.7 Å². The molecule has 0 fully saturated rings. The van der Waals surface area contributed by atoms with E-state index in [1.807, 2.05) is 6.92 Å². The molecule has 1 atom stereocenters. The molecule has 0 aliphatic heterocycles. The Morgan fingerprint density at radius 1 is 1.56 bits per heavy atom. The van der Waals surface area contributed by atoms with Gasteiger partial charge in [0, 0.05) is 6.04 Å². The van der Waals surface area contributed by atoms with Gasteiger partial charge in [0.2, 0.25) is 10.0 Å². The van der Waals surface area contributed by atoms with Gasteiger partial charge in [-0.2, -0.15) is 5.10 Å².